The minimum absolute atomic E-state index is 0.0525. The van der Waals surface area contributed by atoms with Crippen molar-refractivity contribution in [3.05, 3.63) is 46.1 Å². The van der Waals surface area contributed by atoms with Crippen LogP contribution in [0.4, 0.5) is 5.13 Å². The Morgan fingerprint density at radius 1 is 1.22 bits per heavy atom. The van der Waals surface area contributed by atoms with Gasteiger partial charge in [-0.05, 0) is 48.6 Å². The fraction of sp³-hybridized carbons (Fsp3) is 0.364. The molecule has 2 amide bonds. The zero-order valence-corrected chi connectivity index (χ0v) is 19.1. The molecule has 10 heteroatoms. The number of nitrogens with zero attached hydrogens (tertiary/aromatic N) is 1. The second-order valence-corrected chi connectivity index (χ2v) is 9.53. The van der Waals surface area contributed by atoms with Gasteiger partial charge in [0.2, 0.25) is 0 Å². The molecule has 6 N–H and O–H groups in total. The number of carboxylic acid groups (broad SMARTS) is 1. The monoisotopic (exact) mass is 457 g/mol. The van der Waals surface area contributed by atoms with Crippen molar-refractivity contribution >= 4 is 45.2 Å². The number of fused-ring (bicyclic) bond motifs is 1. The molecular formula is C22H27N5O4S. The van der Waals surface area contributed by atoms with E-state index in [4.69, 9.17) is 5.73 Å². The molecule has 0 saturated carbocycles. The highest BCUT2D eigenvalue weighted by Gasteiger charge is 2.19. The number of aromatic nitrogens is 2. The number of benzene rings is 1. The Hall–Kier alpha value is -3.24. The molecule has 2 heterocycles. The number of hydrogen-bond acceptors (Lipinski definition) is 6. The van der Waals surface area contributed by atoms with Crippen molar-refractivity contribution in [3.63, 3.8) is 0 Å². The summed E-state index contributed by atoms with van der Waals surface area (Å²) in [5.41, 5.74) is 7.50. The average molecular weight is 458 g/mol. The maximum Gasteiger partial charge on any atom is 0.352 e. The average Bonchev–Trinajstić information content (AvgIpc) is 3.34. The molecule has 3 rings (SSSR count). The number of aromatic amines is 1. The summed E-state index contributed by atoms with van der Waals surface area (Å²) in [6.07, 6.45) is 1.12. The lowest BCUT2D eigenvalue weighted by atomic mass is 9.97. The van der Waals surface area contributed by atoms with Crippen LogP contribution in [0.2, 0.25) is 0 Å². The van der Waals surface area contributed by atoms with E-state index in [-0.39, 0.29) is 22.7 Å². The molecule has 0 aliphatic heterocycles. The van der Waals surface area contributed by atoms with Crippen LogP contribution in [0.15, 0.2) is 23.6 Å². The van der Waals surface area contributed by atoms with Gasteiger partial charge in [-0.15, -0.1) is 11.3 Å². The highest BCUT2D eigenvalue weighted by atomic mass is 32.1. The third kappa shape index (κ3) is 5.51. The molecular weight excluding hydrogens is 430 g/mol. The number of carboxylic acids is 1. The van der Waals surface area contributed by atoms with Crippen LogP contribution in [0, 0.1) is 5.41 Å². The molecule has 3 aromatic rings. The molecule has 9 nitrogen and oxygen atoms in total. The van der Waals surface area contributed by atoms with Gasteiger partial charge in [-0.25, -0.2) is 9.78 Å². The van der Waals surface area contributed by atoms with E-state index in [1.807, 2.05) is 20.8 Å². The quantitative estimate of drug-likeness (QED) is 0.350. The summed E-state index contributed by atoms with van der Waals surface area (Å²) >= 11 is 1.16. The molecule has 170 valence electrons. The van der Waals surface area contributed by atoms with Gasteiger partial charge in [-0.1, -0.05) is 20.8 Å². The minimum atomic E-state index is -1.06. The van der Waals surface area contributed by atoms with Gasteiger partial charge in [0.15, 0.2) is 5.13 Å². The standard InChI is InChI=1S/C22H27N5O4S/c1-22(2,3)11-24-19(29)16-10-32-21(26-16)27-18(28)12-6-7-15-14(9-12)13(5-4-8-23)17(25-15)20(30)31/h6-7,9-10,25H,4-5,8,11,23H2,1-3H3,(H,24,29)(H,30,31)(H,26,27,28). The highest BCUT2D eigenvalue weighted by Crippen LogP contribution is 2.26. The SMILES string of the molecule is CC(C)(C)CNC(=O)c1csc(NC(=O)c2ccc3[nH]c(C(=O)O)c(CCCN)c3c2)n1. The molecule has 0 aliphatic carbocycles. The number of nitrogens with two attached hydrogens (primary N) is 1. The molecule has 0 unspecified atom stereocenters. The molecule has 32 heavy (non-hydrogen) atoms. The molecule has 1 aromatic carbocycles. The fourth-order valence-electron chi connectivity index (χ4n) is 3.15. The van der Waals surface area contributed by atoms with Crippen LogP contribution >= 0.6 is 11.3 Å². The number of amides is 2. The van der Waals surface area contributed by atoms with E-state index in [0.29, 0.717) is 53.1 Å². The highest BCUT2D eigenvalue weighted by molar-refractivity contribution is 7.14. The Labute approximate surface area is 189 Å². The Bertz CT molecular complexity index is 1160. The van der Waals surface area contributed by atoms with Crippen LogP contribution in [-0.4, -0.2) is 45.9 Å². The molecule has 0 spiro atoms. The van der Waals surface area contributed by atoms with Crippen LogP contribution in [0.3, 0.4) is 0 Å². The van der Waals surface area contributed by atoms with Gasteiger partial charge in [0.05, 0.1) is 0 Å². The van der Waals surface area contributed by atoms with Crippen LogP contribution in [0.5, 0.6) is 0 Å². The maximum atomic E-state index is 12.8. The van der Waals surface area contributed by atoms with E-state index in [9.17, 15) is 19.5 Å². The normalized spacial score (nSPS) is 11.5. The van der Waals surface area contributed by atoms with Crippen molar-refractivity contribution in [3.8, 4) is 0 Å². The number of H-pyrrole nitrogens is 1. The van der Waals surface area contributed by atoms with Crippen molar-refractivity contribution < 1.29 is 19.5 Å². The number of thiazole rings is 1. The molecule has 0 radical (unpaired) electrons. The van der Waals surface area contributed by atoms with Gasteiger partial charge in [0, 0.05) is 28.4 Å². The number of aryl methyl sites for hydroxylation is 1. The lowest BCUT2D eigenvalue weighted by molar-refractivity contribution is 0.0689. The Balaban J connectivity index is 1.78. The van der Waals surface area contributed by atoms with Crippen LogP contribution < -0.4 is 16.4 Å². The van der Waals surface area contributed by atoms with Gasteiger partial charge in [-0.2, -0.15) is 0 Å². The van der Waals surface area contributed by atoms with Gasteiger partial charge in [0.25, 0.3) is 11.8 Å². The van der Waals surface area contributed by atoms with Crippen LogP contribution in [-0.2, 0) is 6.42 Å². The number of rotatable bonds is 8. The van der Waals surface area contributed by atoms with Crippen molar-refractivity contribution in [1.29, 1.82) is 0 Å². The number of hydrogen-bond donors (Lipinski definition) is 5. The van der Waals surface area contributed by atoms with Gasteiger partial charge in [0.1, 0.15) is 11.4 Å². The van der Waals surface area contributed by atoms with E-state index >= 15 is 0 Å². The molecule has 2 aromatic heterocycles. The largest absolute Gasteiger partial charge is 0.477 e. The molecule has 0 aliphatic rings. The van der Waals surface area contributed by atoms with E-state index in [1.165, 1.54) is 0 Å². The number of aromatic carboxylic acids is 1. The number of anilines is 1. The summed E-state index contributed by atoms with van der Waals surface area (Å²) in [6, 6.07) is 4.94. The van der Waals surface area contributed by atoms with E-state index < -0.39 is 11.9 Å². The number of carbonyl (C=O) groups excluding carboxylic acids is 2. The van der Waals surface area contributed by atoms with E-state index in [0.717, 1.165) is 11.3 Å². The zero-order valence-electron chi connectivity index (χ0n) is 18.2. The third-order valence-electron chi connectivity index (χ3n) is 4.75. The van der Waals surface area contributed by atoms with Crippen molar-refractivity contribution in [2.45, 2.75) is 33.6 Å². The predicted molar refractivity (Wildman–Crippen MR) is 124 cm³/mol. The Morgan fingerprint density at radius 3 is 2.62 bits per heavy atom. The van der Waals surface area contributed by atoms with Crippen LogP contribution in [0.1, 0.15) is 64.1 Å². The smallest absolute Gasteiger partial charge is 0.352 e. The Morgan fingerprint density at radius 2 is 1.97 bits per heavy atom. The summed E-state index contributed by atoms with van der Waals surface area (Å²) in [5.74, 6) is -1.75. The van der Waals surface area contributed by atoms with Crippen molar-refractivity contribution in [1.82, 2.24) is 15.3 Å². The minimum Gasteiger partial charge on any atom is -0.477 e. The summed E-state index contributed by atoms with van der Waals surface area (Å²) in [4.78, 5) is 43.7. The molecule has 0 saturated heterocycles. The fourth-order valence-corrected chi connectivity index (χ4v) is 3.84. The summed E-state index contributed by atoms with van der Waals surface area (Å²) in [6.45, 7) is 6.99. The second-order valence-electron chi connectivity index (χ2n) is 8.67. The van der Waals surface area contributed by atoms with Crippen molar-refractivity contribution in [2.24, 2.45) is 11.1 Å². The second kappa shape index (κ2) is 9.49. The summed E-state index contributed by atoms with van der Waals surface area (Å²) in [5, 5.41) is 17.6. The van der Waals surface area contributed by atoms with E-state index in [2.05, 4.69) is 20.6 Å². The predicted octanol–water partition coefficient (Wildman–Crippen LogP) is 3.24. The number of nitrogens with one attached hydrogen (secondary N) is 3. The molecule has 0 fully saturated rings. The zero-order chi connectivity index (χ0) is 23.5. The molecule has 0 bridgehead atoms. The first kappa shape index (κ1) is 23.4. The number of carbonyl (C=O) groups is 3. The Kier molecular flexibility index (Phi) is 6.95. The third-order valence-corrected chi connectivity index (χ3v) is 5.51. The van der Waals surface area contributed by atoms with Gasteiger partial charge in [-0.3, -0.25) is 14.9 Å². The summed E-state index contributed by atoms with van der Waals surface area (Å²) < 4.78 is 0. The summed E-state index contributed by atoms with van der Waals surface area (Å²) in [7, 11) is 0. The van der Waals surface area contributed by atoms with Gasteiger partial charge < -0.3 is 21.1 Å². The van der Waals surface area contributed by atoms with Crippen molar-refractivity contribution in [2.75, 3.05) is 18.4 Å². The van der Waals surface area contributed by atoms with Gasteiger partial charge >= 0.3 is 5.97 Å². The lowest BCUT2D eigenvalue weighted by Gasteiger charge is -2.18. The maximum absolute atomic E-state index is 12.8. The van der Waals surface area contributed by atoms with Crippen LogP contribution in [0.25, 0.3) is 10.9 Å². The molecule has 0 atom stereocenters. The first-order valence-electron chi connectivity index (χ1n) is 10.2. The first-order chi connectivity index (χ1) is 15.1. The lowest BCUT2D eigenvalue weighted by Crippen LogP contribution is -2.32. The van der Waals surface area contributed by atoms with E-state index in [1.54, 1.807) is 23.6 Å². The first-order valence-corrected chi connectivity index (χ1v) is 11.1. The topological polar surface area (TPSA) is 150 Å².